The molecule has 1 heterocycles. The first-order chi connectivity index (χ1) is 12.1. The summed E-state index contributed by atoms with van der Waals surface area (Å²) in [5, 5.41) is -0.175. The zero-order valence-electron chi connectivity index (χ0n) is 17.9. The van der Waals surface area contributed by atoms with Gasteiger partial charge in [-0.1, -0.05) is 52.9 Å². The molecule has 1 rings (SSSR count). The lowest BCUT2D eigenvalue weighted by atomic mass is 9.82. The number of unbranched alkanes of at least 4 members (excludes halogenated alkanes) is 1. The van der Waals surface area contributed by atoms with E-state index in [9.17, 15) is 0 Å². The lowest BCUT2D eigenvalue weighted by Gasteiger charge is -2.54. The Morgan fingerprint density at radius 2 is 1.68 bits per heavy atom. The second kappa shape index (κ2) is 11.7. The summed E-state index contributed by atoms with van der Waals surface area (Å²) in [6.07, 6.45) is 10.1. The largest absolute Gasteiger partial charge is 0.393 e. The van der Waals surface area contributed by atoms with E-state index in [0.29, 0.717) is 5.92 Å². The van der Waals surface area contributed by atoms with Gasteiger partial charge < -0.3 is 13.6 Å². The van der Waals surface area contributed by atoms with Gasteiger partial charge in [-0.05, 0) is 57.9 Å². The van der Waals surface area contributed by atoms with Crippen molar-refractivity contribution in [2.24, 2.45) is 11.8 Å². The molecular formula is C21H44O3Si. The summed E-state index contributed by atoms with van der Waals surface area (Å²) >= 11 is 0. The van der Waals surface area contributed by atoms with Crippen LogP contribution in [-0.2, 0) is 13.6 Å². The lowest BCUT2D eigenvalue weighted by molar-refractivity contribution is -0.0830. The van der Waals surface area contributed by atoms with E-state index in [1.807, 2.05) is 0 Å². The van der Waals surface area contributed by atoms with Gasteiger partial charge in [-0.2, -0.15) is 0 Å². The van der Waals surface area contributed by atoms with Gasteiger partial charge in [0.25, 0.3) is 0 Å². The highest BCUT2D eigenvalue weighted by molar-refractivity contribution is 6.71. The zero-order valence-corrected chi connectivity index (χ0v) is 18.9. The Balaban J connectivity index is 3.15. The van der Waals surface area contributed by atoms with Gasteiger partial charge in [0, 0.05) is 19.8 Å². The predicted molar refractivity (Wildman–Crippen MR) is 109 cm³/mol. The minimum atomic E-state index is -2.38. The third-order valence-electron chi connectivity index (χ3n) is 6.21. The Hall–Kier alpha value is 0.0969. The van der Waals surface area contributed by atoms with Gasteiger partial charge in [-0.25, -0.2) is 0 Å². The van der Waals surface area contributed by atoms with Crippen molar-refractivity contribution in [1.29, 1.82) is 0 Å². The molecule has 0 spiro atoms. The van der Waals surface area contributed by atoms with Crippen LogP contribution in [0.1, 0.15) is 92.9 Å². The molecule has 0 aromatic rings. The highest BCUT2D eigenvalue weighted by Crippen LogP contribution is 2.49. The standard InChI is InChI=1S/C21H44O3Si/c1-7-13-15-19(8-2)18-20-16-14-17-25(23-11-5,24-12-6)21(20,9-3)22-10-4/h19-20H,7-18H2,1-6H3. The van der Waals surface area contributed by atoms with Crippen molar-refractivity contribution >= 4 is 8.56 Å². The summed E-state index contributed by atoms with van der Waals surface area (Å²) in [5.41, 5.74) is 0. The Morgan fingerprint density at radius 3 is 2.16 bits per heavy atom. The molecule has 25 heavy (non-hydrogen) atoms. The van der Waals surface area contributed by atoms with E-state index < -0.39 is 8.56 Å². The SMILES string of the molecule is CCCCC(CC)CC1CCC[Si](OCC)(OCC)C1(CC)OCC. The molecule has 4 heteroatoms. The third kappa shape index (κ3) is 5.30. The van der Waals surface area contributed by atoms with Crippen LogP contribution in [0.4, 0.5) is 0 Å². The van der Waals surface area contributed by atoms with Crippen LogP contribution in [0.5, 0.6) is 0 Å². The van der Waals surface area contributed by atoms with E-state index in [4.69, 9.17) is 13.6 Å². The van der Waals surface area contributed by atoms with E-state index in [1.165, 1.54) is 44.9 Å². The van der Waals surface area contributed by atoms with Crippen molar-refractivity contribution in [2.45, 2.75) is 104 Å². The van der Waals surface area contributed by atoms with Crippen molar-refractivity contribution in [1.82, 2.24) is 0 Å². The number of ether oxygens (including phenoxy) is 1. The molecular weight excluding hydrogens is 328 g/mol. The van der Waals surface area contributed by atoms with Crippen LogP contribution in [0.3, 0.4) is 0 Å². The van der Waals surface area contributed by atoms with E-state index in [0.717, 1.165) is 38.2 Å². The fourth-order valence-corrected chi connectivity index (χ4v) is 9.74. The van der Waals surface area contributed by atoms with Gasteiger partial charge in [0.2, 0.25) is 0 Å². The molecule has 0 aliphatic carbocycles. The number of hydrogen-bond acceptors (Lipinski definition) is 3. The summed E-state index contributed by atoms with van der Waals surface area (Å²) < 4.78 is 19.6. The van der Waals surface area contributed by atoms with Crippen LogP contribution in [0, 0.1) is 11.8 Å². The first kappa shape index (κ1) is 23.1. The van der Waals surface area contributed by atoms with E-state index >= 15 is 0 Å². The zero-order chi connectivity index (χ0) is 18.8. The first-order valence-electron chi connectivity index (χ1n) is 11.0. The van der Waals surface area contributed by atoms with Gasteiger partial charge in [-0.3, -0.25) is 0 Å². The molecule has 0 saturated carbocycles. The van der Waals surface area contributed by atoms with Crippen LogP contribution < -0.4 is 0 Å². The molecule has 3 unspecified atom stereocenters. The average molecular weight is 373 g/mol. The van der Waals surface area contributed by atoms with Crippen LogP contribution in [0.2, 0.25) is 6.04 Å². The Kier molecular flexibility index (Phi) is 10.9. The highest BCUT2D eigenvalue weighted by atomic mass is 28.4. The monoisotopic (exact) mass is 372 g/mol. The molecule has 1 aliphatic rings. The molecule has 1 aliphatic heterocycles. The summed E-state index contributed by atoms with van der Waals surface area (Å²) in [7, 11) is -2.38. The Labute approximate surface area is 158 Å². The molecule has 150 valence electrons. The van der Waals surface area contributed by atoms with E-state index in [-0.39, 0.29) is 5.22 Å². The molecule has 0 bridgehead atoms. The van der Waals surface area contributed by atoms with Gasteiger partial charge in [0.1, 0.15) is 5.22 Å². The van der Waals surface area contributed by atoms with Gasteiger partial charge in [0.15, 0.2) is 0 Å². The highest BCUT2D eigenvalue weighted by Gasteiger charge is 2.63. The molecule has 3 atom stereocenters. The summed E-state index contributed by atoms with van der Waals surface area (Å²) in [6, 6.07) is 1.09. The lowest BCUT2D eigenvalue weighted by Crippen LogP contribution is -2.69. The molecule has 1 fully saturated rings. The molecule has 0 aromatic heterocycles. The van der Waals surface area contributed by atoms with Crippen molar-refractivity contribution in [2.75, 3.05) is 19.8 Å². The molecule has 1 saturated heterocycles. The predicted octanol–water partition coefficient (Wildman–Crippen LogP) is 6.24. The quantitative estimate of drug-likeness (QED) is 0.358. The third-order valence-corrected chi connectivity index (χ3v) is 10.9. The van der Waals surface area contributed by atoms with Crippen LogP contribution in [-0.4, -0.2) is 33.6 Å². The van der Waals surface area contributed by atoms with Crippen LogP contribution in [0.25, 0.3) is 0 Å². The van der Waals surface area contributed by atoms with Gasteiger partial charge in [0.05, 0.1) is 0 Å². The van der Waals surface area contributed by atoms with E-state index in [1.54, 1.807) is 0 Å². The number of rotatable bonds is 13. The fourth-order valence-electron chi connectivity index (χ4n) is 5.07. The maximum atomic E-state index is 6.61. The van der Waals surface area contributed by atoms with Crippen molar-refractivity contribution in [3.63, 3.8) is 0 Å². The minimum absolute atomic E-state index is 0.175. The molecule has 0 N–H and O–H groups in total. The first-order valence-corrected chi connectivity index (χ1v) is 13.0. The fraction of sp³-hybridized carbons (Fsp3) is 1.00. The minimum Gasteiger partial charge on any atom is -0.393 e. The van der Waals surface area contributed by atoms with Crippen LogP contribution in [0.15, 0.2) is 0 Å². The molecule has 0 amide bonds. The van der Waals surface area contributed by atoms with Crippen LogP contribution >= 0.6 is 0 Å². The topological polar surface area (TPSA) is 27.7 Å². The van der Waals surface area contributed by atoms with Crippen molar-refractivity contribution in [3.8, 4) is 0 Å². The maximum Gasteiger partial charge on any atom is 0.371 e. The number of hydrogen-bond donors (Lipinski definition) is 0. The normalized spacial score (nSPS) is 27.4. The maximum absolute atomic E-state index is 6.61. The molecule has 3 nitrogen and oxygen atoms in total. The summed E-state index contributed by atoms with van der Waals surface area (Å²) in [4.78, 5) is 0. The smallest absolute Gasteiger partial charge is 0.371 e. The van der Waals surface area contributed by atoms with Gasteiger partial charge >= 0.3 is 8.56 Å². The van der Waals surface area contributed by atoms with Gasteiger partial charge in [-0.15, -0.1) is 0 Å². The second-order valence-corrected chi connectivity index (χ2v) is 11.0. The van der Waals surface area contributed by atoms with Crippen molar-refractivity contribution in [3.05, 3.63) is 0 Å². The average Bonchev–Trinajstić information content (AvgIpc) is 2.61. The Morgan fingerprint density at radius 1 is 1.00 bits per heavy atom. The second-order valence-electron chi connectivity index (χ2n) is 7.54. The molecule has 0 aromatic carbocycles. The van der Waals surface area contributed by atoms with Crippen molar-refractivity contribution < 1.29 is 13.6 Å². The van der Waals surface area contributed by atoms with E-state index in [2.05, 4.69) is 41.5 Å². The Bertz CT molecular complexity index is 339. The summed E-state index contributed by atoms with van der Waals surface area (Å²) in [6.45, 7) is 15.5. The summed E-state index contributed by atoms with van der Waals surface area (Å²) in [5.74, 6) is 1.39. The molecule has 0 radical (unpaired) electrons.